The van der Waals surface area contributed by atoms with Crippen molar-refractivity contribution in [1.29, 1.82) is 0 Å². The molecule has 0 unspecified atom stereocenters. The molecule has 4 rings (SSSR count). The van der Waals surface area contributed by atoms with Crippen molar-refractivity contribution in [3.8, 4) is 11.1 Å². The molecule has 1 aliphatic rings. The van der Waals surface area contributed by atoms with Gasteiger partial charge in [-0.3, -0.25) is 9.36 Å². The summed E-state index contributed by atoms with van der Waals surface area (Å²) in [7, 11) is 0. The van der Waals surface area contributed by atoms with Gasteiger partial charge >= 0.3 is 6.09 Å². The monoisotopic (exact) mass is 528 g/mol. The van der Waals surface area contributed by atoms with Crippen LogP contribution in [0.3, 0.4) is 0 Å². The highest BCUT2D eigenvalue weighted by atomic mass is 19.2. The lowest BCUT2D eigenvalue weighted by atomic mass is 9.91. The third-order valence-electron chi connectivity index (χ3n) is 6.47. The number of hydrogen-bond donors (Lipinski definition) is 3. The van der Waals surface area contributed by atoms with Gasteiger partial charge in [0.25, 0.3) is 5.56 Å². The molecule has 9 nitrogen and oxygen atoms in total. The molecule has 204 valence electrons. The fourth-order valence-electron chi connectivity index (χ4n) is 4.67. The van der Waals surface area contributed by atoms with E-state index < -0.39 is 28.9 Å². The zero-order valence-corrected chi connectivity index (χ0v) is 22.3. The topological polar surface area (TPSA) is 124 Å². The summed E-state index contributed by atoms with van der Waals surface area (Å²) in [5, 5.41) is 6.77. The van der Waals surface area contributed by atoms with Crippen molar-refractivity contribution in [2.45, 2.75) is 84.0 Å². The molecular formula is C27H34F2N6O3. The van der Waals surface area contributed by atoms with E-state index in [-0.39, 0.29) is 34.9 Å². The van der Waals surface area contributed by atoms with E-state index in [1.54, 1.807) is 6.20 Å². The first-order chi connectivity index (χ1) is 17.8. The quantitative estimate of drug-likeness (QED) is 0.391. The maximum atomic E-state index is 14.7. The second-order valence-corrected chi connectivity index (χ2v) is 11.0. The number of pyridine rings is 1. The molecule has 1 aliphatic carbocycles. The Kier molecular flexibility index (Phi) is 7.57. The molecular weight excluding hydrogens is 494 g/mol. The molecule has 2 heterocycles. The van der Waals surface area contributed by atoms with Crippen molar-refractivity contribution in [3.63, 3.8) is 0 Å². The van der Waals surface area contributed by atoms with E-state index in [0.717, 1.165) is 25.7 Å². The van der Waals surface area contributed by atoms with Crippen LogP contribution >= 0.6 is 0 Å². The molecule has 38 heavy (non-hydrogen) atoms. The first kappa shape index (κ1) is 27.3. The molecule has 1 saturated carbocycles. The molecule has 0 aliphatic heterocycles. The summed E-state index contributed by atoms with van der Waals surface area (Å²) in [6.07, 6.45) is 4.27. The van der Waals surface area contributed by atoms with Crippen molar-refractivity contribution in [2.24, 2.45) is 0 Å². The second-order valence-electron chi connectivity index (χ2n) is 11.0. The van der Waals surface area contributed by atoms with Gasteiger partial charge in [-0.05, 0) is 78.5 Å². The zero-order chi connectivity index (χ0) is 27.8. The van der Waals surface area contributed by atoms with Crippen LogP contribution in [0.5, 0.6) is 0 Å². The van der Waals surface area contributed by atoms with Crippen LogP contribution in [0.25, 0.3) is 22.2 Å². The molecule has 0 saturated heterocycles. The number of alkyl carbamates (subject to hydrolysis) is 1. The van der Waals surface area contributed by atoms with Gasteiger partial charge in [0.2, 0.25) is 5.95 Å². The molecule has 0 atom stereocenters. The average Bonchev–Trinajstić information content (AvgIpc) is 2.82. The Balaban J connectivity index is 1.55. The Morgan fingerprint density at radius 1 is 1.11 bits per heavy atom. The minimum absolute atomic E-state index is 0.00252. The van der Waals surface area contributed by atoms with E-state index in [1.165, 1.54) is 22.8 Å². The third-order valence-corrected chi connectivity index (χ3v) is 6.47. The second kappa shape index (κ2) is 10.5. The largest absolute Gasteiger partial charge is 0.444 e. The van der Waals surface area contributed by atoms with Crippen molar-refractivity contribution in [1.82, 2.24) is 19.9 Å². The summed E-state index contributed by atoms with van der Waals surface area (Å²) in [5.74, 6) is -2.00. The number of benzene rings is 1. The molecule has 1 aromatic carbocycles. The lowest BCUT2D eigenvalue weighted by molar-refractivity contribution is 0.0492. The summed E-state index contributed by atoms with van der Waals surface area (Å²) in [6, 6.07) is 3.83. The van der Waals surface area contributed by atoms with Crippen molar-refractivity contribution in [3.05, 3.63) is 46.4 Å². The van der Waals surface area contributed by atoms with Gasteiger partial charge in [0.15, 0.2) is 11.6 Å². The molecule has 4 N–H and O–H groups in total. The number of carbonyl (C=O) groups excluding carboxylic acids is 1. The van der Waals surface area contributed by atoms with Gasteiger partial charge in [0.05, 0.1) is 11.3 Å². The Bertz CT molecular complexity index is 1410. The Hall–Kier alpha value is -3.76. The number of nitrogen functional groups attached to an aromatic ring is 1. The van der Waals surface area contributed by atoms with Gasteiger partial charge in [0.1, 0.15) is 11.2 Å². The molecule has 3 aromatic rings. The molecule has 1 amide bonds. The minimum Gasteiger partial charge on any atom is -0.444 e. The smallest absolute Gasteiger partial charge is 0.407 e. The summed E-state index contributed by atoms with van der Waals surface area (Å²) >= 11 is 0. The van der Waals surface area contributed by atoms with Crippen LogP contribution in [0.2, 0.25) is 0 Å². The maximum Gasteiger partial charge on any atom is 0.407 e. The molecule has 2 aromatic heterocycles. The zero-order valence-electron chi connectivity index (χ0n) is 22.3. The summed E-state index contributed by atoms with van der Waals surface area (Å²) < 4.78 is 35.6. The summed E-state index contributed by atoms with van der Waals surface area (Å²) in [4.78, 5) is 34.5. The van der Waals surface area contributed by atoms with Gasteiger partial charge in [-0.25, -0.2) is 18.6 Å². The maximum absolute atomic E-state index is 14.7. The highest BCUT2D eigenvalue weighted by molar-refractivity contribution is 5.82. The van der Waals surface area contributed by atoms with Gasteiger partial charge in [0, 0.05) is 35.3 Å². The minimum atomic E-state index is -1.19. The molecule has 11 heteroatoms. The first-order valence-electron chi connectivity index (χ1n) is 12.8. The summed E-state index contributed by atoms with van der Waals surface area (Å²) in [5.41, 5.74) is 4.32. The lowest BCUT2D eigenvalue weighted by Gasteiger charge is -2.30. The SMILES string of the molecule is CC(C)n1c(=O)c(-c2ccc(N)c(F)c2F)cc2cnc(N[C@H]3CC[C@H](NC(=O)OC(C)(C)C)CC3)nc21. The Labute approximate surface area is 219 Å². The third kappa shape index (κ3) is 5.87. The van der Waals surface area contributed by atoms with Crippen LogP contribution in [0.15, 0.2) is 29.2 Å². The number of nitrogens with one attached hydrogen (secondary N) is 2. The number of nitrogens with two attached hydrogens (primary N) is 1. The van der Waals surface area contributed by atoms with Crippen LogP contribution in [0.4, 0.5) is 25.2 Å². The van der Waals surface area contributed by atoms with Crippen molar-refractivity contribution in [2.75, 3.05) is 11.1 Å². The number of hydrogen-bond acceptors (Lipinski definition) is 7. The lowest BCUT2D eigenvalue weighted by Crippen LogP contribution is -2.42. The average molecular weight is 529 g/mol. The fourth-order valence-corrected chi connectivity index (χ4v) is 4.67. The van der Waals surface area contributed by atoms with Gasteiger partial charge in [-0.1, -0.05) is 0 Å². The Morgan fingerprint density at radius 2 is 1.76 bits per heavy atom. The number of fused-ring (bicyclic) bond motifs is 1. The van der Waals surface area contributed by atoms with E-state index >= 15 is 0 Å². The summed E-state index contributed by atoms with van der Waals surface area (Å²) in [6.45, 7) is 9.11. The predicted molar refractivity (Wildman–Crippen MR) is 143 cm³/mol. The number of rotatable bonds is 5. The van der Waals surface area contributed by atoms with Crippen LogP contribution < -0.4 is 21.9 Å². The highest BCUT2D eigenvalue weighted by Gasteiger charge is 2.26. The van der Waals surface area contributed by atoms with Gasteiger partial charge in [-0.2, -0.15) is 4.98 Å². The van der Waals surface area contributed by atoms with Crippen LogP contribution in [-0.4, -0.2) is 38.3 Å². The number of amides is 1. The molecule has 0 bridgehead atoms. The number of nitrogens with zero attached hydrogens (tertiary/aromatic N) is 3. The standard InChI is InChI=1S/C27H34F2N6O3/c1-14(2)35-23-15(12-19(24(35)36)18-10-11-20(30)22(29)21(18)28)13-31-25(34-23)32-16-6-8-17(9-7-16)33-26(37)38-27(3,4)5/h10-14,16-17H,6-9,30H2,1-5H3,(H,33,37)(H,31,32,34)/t16-,17-. The van der Waals surface area contributed by atoms with Crippen LogP contribution in [0, 0.1) is 11.6 Å². The number of ether oxygens (including phenoxy) is 1. The normalized spacial score (nSPS) is 18.0. The number of aromatic nitrogens is 3. The Morgan fingerprint density at radius 3 is 2.39 bits per heavy atom. The fraction of sp³-hybridized carbons (Fsp3) is 0.481. The number of halogens is 2. The van der Waals surface area contributed by atoms with E-state index in [0.29, 0.717) is 17.0 Å². The van der Waals surface area contributed by atoms with Gasteiger partial charge in [-0.15, -0.1) is 0 Å². The van der Waals surface area contributed by atoms with E-state index in [2.05, 4.69) is 20.6 Å². The predicted octanol–water partition coefficient (Wildman–Crippen LogP) is 5.15. The van der Waals surface area contributed by atoms with E-state index in [4.69, 9.17) is 10.5 Å². The molecule has 0 spiro atoms. The van der Waals surface area contributed by atoms with Crippen LogP contribution in [0.1, 0.15) is 66.3 Å². The van der Waals surface area contributed by atoms with Crippen molar-refractivity contribution >= 4 is 28.8 Å². The van der Waals surface area contributed by atoms with Gasteiger partial charge < -0.3 is 21.1 Å². The van der Waals surface area contributed by atoms with Crippen molar-refractivity contribution < 1.29 is 18.3 Å². The number of anilines is 2. The molecule has 0 radical (unpaired) electrons. The molecule has 1 fully saturated rings. The van der Waals surface area contributed by atoms with Crippen LogP contribution in [-0.2, 0) is 4.74 Å². The highest BCUT2D eigenvalue weighted by Crippen LogP contribution is 2.29. The van der Waals surface area contributed by atoms with E-state index in [9.17, 15) is 18.4 Å². The number of carbonyl (C=O) groups is 1. The van der Waals surface area contributed by atoms with E-state index in [1.807, 2.05) is 34.6 Å². The first-order valence-corrected chi connectivity index (χ1v) is 12.8.